The summed E-state index contributed by atoms with van der Waals surface area (Å²) in [6, 6.07) is 17.3. The Bertz CT molecular complexity index is 986. The first kappa shape index (κ1) is 19.2. The van der Waals surface area contributed by atoms with E-state index in [0.717, 1.165) is 41.7 Å². The summed E-state index contributed by atoms with van der Waals surface area (Å²) in [4.78, 5) is 28.2. The fourth-order valence-electron chi connectivity index (χ4n) is 3.82. The van der Waals surface area contributed by atoms with Crippen molar-refractivity contribution < 1.29 is 18.9 Å². The van der Waals surface area contributed by atoms with Crippen LogP contribution in [0.1, 0.15) is 23.0 Å². The number of furan rings is 1. The maximum Gasteiger partial charge on any atom is 0.290 e. The largest absolute Gasteiger partial charge is 0.451 e. The van der Waals surface area contributed by atoms with E-state index in [1.165, 1.54) is 4.90 Å². The lowest BCUT2D eigenvalue weighted by molar-refractivity contribution is -0.895. The number of aryl methyl sites for hydroxylation is 1. The first-order valence-corrected chi connectivity index (χ1v) is 10.1. The number of benzene rings is 2. The minimum absolute atomic E-state index is 0.0120. The van der Waals surface area contributed by atoms with Gasteiger partial charge in [0.15, 0.2) is 12.3 Å². The lowest BCUT2D eigenvalue weighted by atomic mass is 10.1. The van der Waals surface area contributed by atoms with Gasteiger partial charge in [-0.15, -0.1) is 0 Å². The normalized spacial score (nSPS) is 14.9. The molecule has 1 aliphatic heterocycles. The van der Waals surface area contributed by atoms with Crippen molar-refractivity contribution in [1.82, 2.24) is 4.90 Å². The molecule has 29 heavy (non-hydrogen) atoms. The van der Waals surface area contributed by atoms with Crippen LogP contribution in [-0.4, -0.2) is 49.4 Å². The monoisotopic (exact) mass is 392 g/mol. The number of para-hydroxylation sites is 2. The zero-order valence-electron chi connectivity index (χ0n) is 16.6. The summed E-state index contributed by atoms with van der Waals surface area (Å²) in [5, 5.41) is 3.96. The Balaban J connectivity index is 1.31. The average molecular weight is 392 g/mol. The van der Waals surface area contributed by atoms with Crippen LogP contribution in [0, 0.1) is 0 Å². The molecule has 150 valence electrons. The Morgan fingerprint density at radius 1 is 1.07 bits per heavy atom. The van der Waals surface area contributed by atoms with E-state index in [1.807, 2.05) is 53.4 Å². The highest BCUT2D eigenvalue weighted by Gasteiger charge is 2.27. The lowest BCUT2D eigenvalue weighted by Crippen LogP contribution is -3.15. The summed E-state index contributed by atoms with van der Waals surface area (Å²) >= 11 is 0. The SMILES string of the molecule is CCc1ccccc1NC(=O)C[NH+]1CCN(C(=O)c2cc3ccccc3o2)CC1. The van der Waals surface area contributed by atoms with Crippen molar-refractivity contribution in [3.63, 3.8) is 0 Å². The highest BCUT2D eigenvalue weighted by molar-refractivity contribution is 5.96. The summed E-state index contributed by atoms with van der Waals surface area (Å²) in [6.07, 6.45) is 0.881. The average Bonchev–Trinajstić information content (AvgIpc) is 3.18. The van der Waals surface area contributed by atoms with Gasteiger partial charge in [-0.1, -0.05) is 43.3 Å². The van der Waals surface area contributed by atoms with Crippen molar-refractivity contribution in [2.75, 3.05) is 38.0 Å². The van der Waals surface area contributed by atoms with Crippen LogP contribution in [0.15, 0.2) is 59.0 Å². The smallest absolute Gasteiger partial charge is 0.290 e. The molecule has 0 bridgehead atoms. The minimum atomic E-state index is -0.0819. The van der Waals surface area contributed by atoms with Crippen LogP contribution in [0.3, 0.4) is 0 Å². The number of nitrogens with zero attached hydrogens (tertiary/aromatic N) is 1. The quantitative estimate of drug-likeness (QED) is 0.698. The molecule has 1 aliphatic rings. The van der Waals surface area contributed by atoms with E-state index in [4.69, 9.17) is 4.42 Å². The first-order chi connectivity index (χ1) is 14.1. The van der Waals surface area contributed by atoms with Crippen LogP contribution in [-0.2, 0) is 11.2 Å². The number of hydrogen-bond donors (Lipinski definition) is 2. The molecule has 2 aromatic carbocycles. The Hall–Kier alpha value is -3.12. The molecule has 4 rings (SSSR count). The summed E-state index contributed by atoms with van der Waals surface area (Å²) in [7, 11) is 0. The molecule has 2 heterocycles. The molecular weight excluding hydrogens is 366 g/mol. The highest BCUT2D eigenvalue weighted by Crippen LogP contribution is 2.20. The Kier molecular flexibility index (Phi) is 5.62. The maximum atomic E-state index is 12.8. The molecular formula is C23H26N3O3+. The number of piperazine rings is 1. The third kappa shape index (κ3) is 4.32. The second-order valence-corrected chi connectivity index (χ2v) is 7.43. The van der Waals surface area contributed by atoms with Gasteiger partial charge >= 0.3 is 0 Å². The number of carbonyl (C=O) groups is 2. The molecule has 0 unspecified atom stereocenters. The van der Waals surface area contributed by atoms with Crippen LogP contribution in [0.25, 0.3) is 11.0 Å². The topological polar surface area (TPSA) is 67.0 Å². The van der Waals surface area contributed by atoms with Gasteiger partial charge < -0.3 is 19.5 Å². The standard InChI is InChI=1S/C23H25N3O3/c1-2-17-7-3-5-9-19(17)24-22(27)16-25-11-13-26(14-12-25)23(28)21-15-18-8-4-6-10-20(18)29-21/h3-10,15H,2,11-14,16H2,1H3,(H,24,27)/p+1. The molecule has 0 aliphatic carbocycles. The highest BCUT2D eigenvalue weighted by atomic mass is 16.3. The van der Waals surface area contributed by atoms with E-state index < -0.39 is 0 Å². The molecule has 6 nitrogen and oxygen atoms in total. The van der Waals surface area contributed by atoms with Crippen molar-refractivity contribution in [1.29, 1.82) is 0 Å². The van der Waals surface area contributed by atoms with E-state index in [9.17, 15) is 9.59 Å². The molecule has 0 saturated carbocycles. The molecule has 1 saturated heterocycles. The van der Waals surface area contributed by atoms with E-state index in [1.54, 1.807) is 6.07 Å². The van der Waals surface area contributed by atoms with Gasteiger partial charge in [-0.3, -0.25) is 9.59 Å². The van der Waals surface area contributed by atoms with Crippen molar-refractivity contribution in [3.8, 4) is 0 Å². The maximum absolute atomic E-state index is 12.8. The number of carbonyl (C=O) groups excluding carboxylic acids is 2. The van der Waals surface area contributed by atoms with Gasteiger partial charge in [-0.2, -0.15) is 0 Å². The molecule has 0 atom stereocenters. The zero-order valence-corrected chi connectivity index (χ0v) is 16.6. The van der Waals surface area contributed by atoms with E-state index in [2.05, 4.69) is 12.2 Å². The third-order valence-corrected chi connectivity index (χ3v) is 5.48. The van der Waals surface area contributed by atoms with Crippen LogP contribution in [0.4, 0.5) is 5.69 Å². The number of fused-ring (bicyclic) bond motifs is 1. The van der Waals surface area contributed by atoms with Gasteiger partial charge in [0.2, 0.25) is 0 Å². The van der Waals surface area contributed by atoms with Crippen LogP contribution < -0.4 is 10.2 Å². The summed E-state index contributed by atoms with van der Waals surface area (Å²) < 4.78 is 5.70. The van der Waals surface area contributed by atoms with Crippen molar-refractivity contribution in [3.05, 3.63) is 65.9 Å². The first-order valence-electron chi connectivity index (χ1n) is 10.1. The summed E-state index contributed by atoms with van der Waals surface area (Å²) in [6.45, 7) is 5.21. The lowest BCUT2D eigenvalue weighted by Gasteiger charge is -2.31. The van der Waals surface area contributed by atoms with Crippen LogP contribution in [0.5, 0.6) is 0 Å². The molecule has 0 radical (unpaired) electrons. The number of anilines is 1. The second-order valence-electron chi connectivity index (χ2n) is 7.43. The molecule has 0 spiro atoms. The number of nitrogens with one attached hydrogen (secondary N) is 2. The van der Waals surface area contributed by atoms with Gasteiger partial charge in [0.05, 0.1) is 26.2 Å². The Labute approximate surface area is 170 Å². The number of rotatable bonds is 5. The summed E-state index contributed by atoms with van der Waals surface area (Å²) in [5.74, 6) is 0.308. The van der Waals surface area contributed by atoms with Crippen molar-refractivity contribution in [2.24, 2.45) is 0 Å². The fourth-order valence-corrected chi connectivity index (χ4v) is 3.82. The number of amides is 2. The Morgan fingerprint density at radius 3 is 2.55 bits per heavy atom. The minimum Gasteiger partial charge on any atom is -0.451 e. The van der Waals surface area contributed by atoms with Crippen molar-refractivity contribution in [2.45, 2.75) is 13.3 Å². The van der Waals surface area contributed by atoms with E-state index in [0.29, 0.717) is 25.4 Å². The molecule has 2 N–H and O–H groups in total. The second kappa shape index (κ2) is 8.49. The van der Waals surface area contributed by atoms with Crippen LogP contribution >= 0.6 is 0 Å². The summed E-state index contributed by atoms with van der Waals surface area (Å²) in [5.41, 5.74) is 2.75. The molecule has 6 heteroatoms. The predicted molar refractivity (Wildman–Crippen MR) is 112 cm³/mol. The van der Waals surface area contributed by atoms with Gasteiger partial charge in [-0.05, 0) is 30.2 Å². The van der Waals surface area contributed by atoms with E-state index in [-0.39, 0.29) is 11.8 Å². The van der Waals surface area contributed by atoms with Gasteiger partial charge in [0.1, 0.15) is 5.58 Å². The molecule has 1 fully saturated rings. The third-order valence-electron chi connectivity index (χ3n) is 5.48. The Morgan fingerprint density at radius 2 is 1.79 bits per heavy atom. The number of quaternary nitrogens is 1. The predicted octanol–water partition coefficient (Wildman–Crippen LogP) is 1.97. The molecule has 3 aromatic rings. The number of hydrogen-bond acceptors (Lipinski definition) is 3. The van der Waals surface area contributed by atoms with E-state index >= 15 is 0 Å². The zero-order chi connectivity index (χ0) is 20.2. The molecule has 2 amide bonds. The molecule has 1 aromatic heterocycles. The van der Waals surface area contributed by atoms with Crippen LogP contribution in [0.2, 0.25) is 0 Å². The van der Waals surface area contributed by atoms with Gasteiger partial charge in [-0.25, -0.2) is 0 Å². The van der Waals surface area contributed by atoms with Gasteiger partial charge in [0, 0.05) is 11.1 Å². The van der Waals surface area contributed by atoms with Crippen molar-refractivity contribution >= 4 is 28.5 Å². The van der Waals surface area contributed by atoms with Gasteiger partial charge in [0.25, 0.3) is 11.8 Å². The fraction of sp³-hybridized carbons (Fsp3) is 0.304.